The van der Waals surface area contributed by atoms with Crippen LogP contribution >= 0.6 is 0 Å². The number of amides is 1. The summed E-state index contributed by atoms with van der Waals surface area (Å²) in [5.41, 5.74) is 10.2. The molecule has 1 amide bonds. The van der Waals surface area contributed by atoms with Gasteiger partial charge < -0.3 is 16.2 Å². The molecule has 5 nitrogen and oxygen atoms in total. The van der Waals surface area contributed by atoms with Crippen molar-refractivity contribution in [3.05, 3.63) is 35.6 Å². The molecule has 0 atom stereocenters. The van der Waals surface area contributed by atoms with E-state index < -0.39 is 17.9 Å². The topological polar surface area (TPSA) is 90.7 Å². The molecule has 0 heterocycles. The summed E-state index contributed by atoms with van der Waals surface area (Å²) in [5.74, 6) is -0.844. The van der Waals surface area contributed by atoms with Gasteiger partial charge in [-0.05, 0) is 6.07 Å². The van der Waals surface area contributed by atoms with E-state index in [2.05, 4.69) is 9.73 Å². The Morgan fingerprint density at radius 2 is 2.07 bits per heavy atom. The van der Waals surface area contributed by atoms with Gasteiger partial charge in [-0.25, -0.2) is 9.18 Å². The van der Waals surface area contributed by atoms with Crippen molar-refractivity contribution in [1.82, 2.24) is 0 Å². The standard InChI is InChI=1S/C9H10FN3O2/c10-7-4-2-1-3-6(7)5-15-9(14)13-8(11)12/h1-4H,5H2,(H4,11,12,13,14). The van der Waals surface area contributed by atoms with Gasteiger partial charge in [0.05, 0.1) is 0 Å². The number of benzene rings is 1. The van der Waals surface area contributed by atoms with Crippen LogP contribution in [-0.4, -0.2) is 12.1 Å². The average Bonchev–Trinajstić information content (AvgIpc) is 2.15. The second-order valence-electron chi connectivity index (χ2n) is 2.68. The van der Waals surface area contributed by atoms with Crippen molar-refractivity contribution in [1.29, 1.82) is 0 Å². The first-order chi connectivity index (χ1) is 7.09. The maximum Gasteiger partial charge on any atom is 0.437 e. The molecule has 1 aromatic carbocycles. The van der Waals surface area contributed by atoms with E-state index >= 15 is 0 Å². The summed E-state index contributed by atoms with van der Waals surface area (Å²) in [7, 11) is 0. The Morgan fingerprint density at radius 3 is 2.67 bits per heavy atom. The van der Waals surface area contributed by atoms with Crippen molar-refractivity contribution >= 4 is 12.1 Å². The Bertz CT molecular complexity index is 389. The highest BCUT2D eigenvalue weighted by Gasteiger charge is 2.04. The van der Waals surface area contributed by atoms with Crippen molar-refractivity contribution in [2.45, 2.75) is 6.61 Å². The Balaban J connectivity index is 2.55. The molecule has 4 N–H and O–H groups in total. The molecule has 0 aliphatic rings. The van der Waals surface area contributed by atoms with Crippen molar-refractivity contribution in [3.8, 4) is 0 Å². The quantitative estimate of drug-likeness (QED) is 0.557. The van der Waals surface area contributed by atoms with Crippen LogP contribution < -0.4 is 11.5 Å². The summed E-state index contributed by atoms with van der Waals surface area (Å²) >= 11 is 0. The minimum Gasteiger partial charge on any atom is -0.443 e. The van der Waals surface area contributed by atoms with Gasteiger partial charge in [0.1, 0.15) is 12.4 Å². The second-order valence-corrected chi connectivity index (χ2v) is 2.68. The Hall–Kier alpha value is -2.11. The first kappa shape index (κ1) is 11.0. The normalized spacial score (nSPS) is 9.40. The molecule has 0 spiro atoms. The summed E-state index contributed by atoms with van der Waals surface area (Å²) in [6, 6.07) is 5.94. The Kier molecular flexibility index (Phi) is 3.61. The molecular formula is C9H10FN3O2. The molecule has 0 saturated heterocycles. The van der Waals surface area contributed by atoms with Crippen LogP contribution in [0, 0.1) is 5.82 Å². The number of nitrogens with zero attached hydrogens (tertiary/aromatic N) is 1. The molecule has 0 radical (unpaired) electrons. The lowest BCUT2D eigenvalue weighted by Gasteiger charge is -2.02. The fraction of sp³-hybridized carbons (Fsp3) is 0.111. The fourth-order valence-electron chi connectivity index (χ4n) is 0.893. The third kappa shape index (κ3) is 3.63. The zero-order valence-corrected chi connectivity index (χ0v) is 7.81. The van der Waals surface area contributed by atoms with Crippen molar-refractivity contribution < 1.29 is 13.9 Å². The summed E-state index contributed by atoms with van der Waals surface area (Å²) in [6.45, 7) is -0.206. The van der Waals surface area contributed by atoms with Crippen LogP contribution in [0.4, 0.5) is 9.18 Å². The van der Waals surface area contributed by atoms with Crippen LogP contribution in [0.3, 0.4) is 0 Å². The molecule has 6 heteroatoms. The van der Waals surface area contributed by atoms with Crippen LogP contribution in [0.1, 0.15) is 5.56 Å². The molecule has 0 saturated carbocycles. The lowest BCUT2D eigenvalue weighted by molar-refractivity contribution is 0.149. The number of nitrogens with two attached hydrogens (primary N) is 2. The van der Waals surface area contributed by atoms with Crippen LogP contribution in [-0.2, 0) is 11.3 Å². The van der Waals surface area contributed by atoms with Crippen molar-refractivity contribution in [2.24, 2.45) is 16.5 Å². The predicted octanol–water partition coefficient (Wildman–Crippen LogP) is 0.736. The van der Waals surface area contributed by atoms with Crippen molar-refractivity contribution in [2.75, 3.05) is 0 Å². The minimum absolute atomic E-state index is 0.206. The molecule has 1 rings (SSSR count). The number of carbonyl (C=O) groups excluding carboxylic acids is 1. The van der Waals surface area contributed by atoms with E-state index in [1.165, 1.54) is 18.2 Å². The highest BCUT2D eigenvalue weighted by Crippen LogP contribution is 2.07. The van der Waals surface area contributed by atoms with Gasteiger partial charge in [0.15, 0.2) is 5.96 Å². The maximum atomic E-state index is 13.0. The van der Waals surface area contributed by atoms with Gasteiger partial charge in [-0.2, -0.15) is 0 Å². The fourth-order valence-corrected chi connectivity index (χ4v) is 0.893. The number of halogens is 1. The van der Waals surface area contributed by atoms with Gasteiger partial charge in [-0.1, -0.05) is 18.2 Å². The monoisotopic (exact) mass is 211 g/mol. The zero-order chi connectivity index (χ0) is 11.3. The van der Waals surface area contributed by atoms with Crippen LogP contribution in [0.25, 0.3) is 0 Å². The van der Waals surface area contributed by atoms with Gasteiger partial charge >= 0.3 is 6.09 Å². The average molecular weight is 211 g/mol. The number of aliphatic imine (C=N–C) groups is 1. The first-order valence-corrected chi connectivity index (χ1v) is 4.09. The van der Waals surface area contributed by atoms with E-state index in [1.54, 1.807) is 6.07 Å². The molecule has 0 bridgehead atoms. The van der Waals surface area contributed by atoms with Crippen LogP contribution in [0.15, 0.2) is 29.3 Å². The van der Waals surface area contributed by atoms with Crippen molar-refractivity contribution in [3.63, 3.8) is 0 Å². The molecule has 0 fully saturated rings. The number of guanidine groups is 1. The van der Waals surface area contributed by atoms with Gasteiger partial charge in [0.25, 0.3) is 0 Å². The van der Waals surface area contributed by atoms with E-state index in [9.17, 15) is 9.18 Å². The first-order valence-electron chi connectivity index (χ1n) is 4.09. The second kappa shape index (κ2) is 4.94. The zero-order valence-electron chi connectivity index (χ0n) is 7.81. The van der Waals surface area contributed by atoms with Crippen LogP contribution in [0.5, 0.6) is 0 Å². The smallest absolute Gasteiger partial charge is 0.437 e. The van der Waals surface area contributed by atoms with E-state index in [0.717, 1.165) is 0 Å². The molecule has 0 aliphatic heterocycles. The van der Waals surface area contributed by atoms with E-state index in [0.29, 0.717) is 0 Å². The van der Waals surface area contributed by atoms with Gasteiger partial charge in [-0.15, -0.1) is 4.99 Å². The molecule has 15 heavy (non-hydrogen) atoms. The van der Waals surface area contributed by atoms with Gasteiger partial charge in [0.2, 0.25) is 0 Å². The number of rotatable bonds is 2. The van der Waals surface area contributed by atoms with E-state index in [4.69, 9.17) is 11.5 Å². The minimum atomic E-state index is -0.946. The Labute approximate surface area is 85.5 Å². The number of carbonyl (C=O) groups is 1. The van der Waals surface area contributed by atoms with Gasteiger partial charge in [0, 0.05) is 5.56 Å². The third-order valence-electron chi connectivity index (χ3n) is 1.53. The molecular weight excluding hydrogens is 201 g/mol. The summed E-state index contributed by atoms with van der Waals surface area (Å²) < 4.78 is 17.6. The molecule has 0 aliphatic carbocycles. The third-order valence-corrected chi connectivity index (χ3v) is 1.53. The number of ether oxygens (including phenoxy) is 1. The number of hydrogen-bond donors (Lipinski definition) is 2. The lowest BCUT2D eigenvalue weighted by Crippen LogP contribution is -2.24. The Morgan fingerprint density at radius 1 is 1.40 bits per heavy atom. The molecule has 80 valence electrons. The van der Waals surface area contributed by atoms with Crippen LogP contribution in [0.2, 0.25) is 0 Å². The van der Waals surface area contributed by atoms with E-state index in [-0.39, 0.29) is 12.2 Å². The molecule has 1 aromatic rings. The highest BCUT2D eigenvalue weighted by molar-refractivity contribution is 5.87. The van der Waals surface area contributed by atoms with E-state index in [1.807, 2.05) is 0 Å². The summed E-state index contributed by atoms with van der Waals surface area (Å²) in [5, 5.41) is 0. The SMILES string of the molecule is NC(N)=NC(=O)OCc1ccccc1F. The predicted molar refractivity (Wildman–Crippen MR) is 52.4 cm³/mol. The molecule has 0 unspecified atom stereocenters. The summed E-state index contributed by atoms with van der Waals surface area (Å²) in [4.78, 5) is 14.0. The van der Waals surface area contributed by atoms with Gasteiger partial charge in [-0.3, -0.25) is 0 Å². The maximum absolute atomic E-state index is 13.0. The lowest BCUT2D eigenvalue weighted by atomic mass is 10.2. The molecule has 0 aromatic heterocycles. The largest absolute Gasteiger partial charge is 0.443 e. The summed E-state index contributed by atoms with van der Waals surface area (Å²) in [6.07, 6.45) is -0.946. The number of hydrogen-bond acceptors (Lipinski definition) is 2. The highest BCUT2D eigenvalue weighted by atomic mass is 19.1.